The van der Waals surface area contributed by atoms with Crippen LogP contribution in [0.3, 0.4) is 0 Å². The van der Waals surface area contributed by atoms with E-state index in [2.05, 4.69) is 4.72 Å². The van der Waals surface area contributed by atoms with Crippen molar-refractivity contribution in [2.75, 3.05) is 11.8 Å². The lowest BCUT2D eigenvalue weighted by Gasteiger charge is -2.12. The molecule has 0 saturated heterocycles. The summed E-state index contributed by atoms with van der Waals surface area (Å²) in [4.78, 5) is 11.3. The lowest BCUT2D eigenvalue weighted by Crippen LogP contribution is -2.13. The van der Waals surface area contributed by atoms with Gasteiger partial charge in [0.15, 0.2) is 0 Å². The summed E-state index contributed by atoms with van der Waals surface area (Å²) in [5.74, 6) is 0.436. The molecular formula is C17H15NO5S. The average molecular weight is 345 g/mol. The minimum Gasteiger partial charge on any atom is -0.495 e. The van der Waals surface area contributed by atoms with Gasteiger partial charge in [-0.25, -0.2) is 13.2 Å². The van der Waals surface area contributed by atoms with Crippen LogP contribution in [0.4, 0.5) is 5.69 Å². The Morgan fingerprint density at radius 1 is 1.04 bits per heavy atom. The molecule has 0 bridgehead atoms. The second kappa shape index (κ2) is 6.01. The van der Waals surface area contributed by atoms with E-state index in [1.807, 2.05) is 6.92 Å². The largest absolute Gasteiger partial charge is 0.495 e. The Morgan fingerprint density at radius 2 is 1.83 bits per heavy atom. The summed E-state index contributed by atoms with van der Waals surface area (Å²) in [5.41, 5.74) is 1.15. The topological polar surface area (TPSA) is 85.6 Å². The Hall–Kier alpha value is -2.80. The fraction of sp³-hybridized carbons (Fsp3) is 0.118. The van der Waals surface area contributed by atoms with Crippen LogP contribution < -0.4 is 15.1 Å². The molecule has 0 atom stereocenters. The number of anilines is 1. The van der Waals surface area contributed by atoms with E-state index in [1.165, 1.54) is 37.4 Å². The van der Waals surface area contributed by atoms with Gasteiger partial charge >= 0.3 is 5.63 Å². The first kappa shape index (κ1) is 16.1. The first-order chi connectivity index (χ1) is 11.4. The van der Waals surface area contributed by atoms with Crippen molar-refractivity contribution in [3.63, 3.8) is 0 Å². The standard InChI is InChI=1S/C17H15NO5S/c1-11-3-6-14(16(9-11)22-2)18-24(20,21)13-5-7-15-12(10-13)4-8-17(19)23-15/h3-10,18H,1-2H3. The zero-order chi connectivity index (χ0) is 17.3. The zero-order valence-electron chi connectivity index (χ0n) is 13.1. The molecule has 24 heavy (non-hydrogen) atoms. The molecular weight excluding hydrogens is 330 g/mol. The van der Waals surface area contributed by atoms with Crippen LogP contribution in [0.1, 0.15) is 5.56 Å². The maximum absolute atomic E-state index is 12.6. The SMILES string of the molecule is COc1cc(C)ccc1NS(=O)(=O)c1ccc2oc(=O)ccc2c1. The molecule has 0 spiro atoms. The van der Waals surface area contributed by atoms with Gasteiger partial charge in [0, 0.05) is 11.5 Å². The fourth-order valence-corrected chi connectivity index (χ4v) is 3.41. The van der Waals surface area contributed by atoms with Crippen LogP contribution in [0.5, 0.6) is 5.75 Å². The van der Waals surface area contributed by atoms with Crippen molar-refractivity contribution in [3.05, 3.63) is 64.5 Å². The maximum Gasteiger partial charge on any atom is 0.336 e. The summed E-state index contributed by atoms with van der Waals surface area (Å²) in [6.07, 6.45) is 0. The monoisotopic (exact) mass is 345 g/mol. The maximum atomic E-state index is 12.6. The quantitative estimate of drug-likeness (QED) is 0.735. The van der Waals surface area contributed by atoms with Crippen molar-refractivity contribution < 1.29 is 17.6 Å². The van der Waals surface area contributed by atoms with E-state index in [0.29, 0.717) is 22.4 Å². The predicted octanol–water partition coefficient (Wildman–Crippen LogP) is 2.91. The number of benzene rings is 2. The van der Waals surface area contributed by atoms with Gasteiger partial charge in [0.05, 0.1) is 17.7 Å². The molecule has 3 aromatic rings. The number of hydrogen-bond donors (Lipinski definition) is 1. The van der Waals surface area contributed by atoms with Crippen molar-refractivity contribution in [2.24, 2.45) is 0 Å². The molecule has 0 aliphatic heterocycles. The average Bonchev–Trinajstić information content (AvgIpc) is 2.55. The number of methoxy groups -OCH3 is 1. The molecule has 0 fully saturated rings. The first-order valence-corrected chi connectivity index (χ1v) is 8.59. The molecule has 6 nitrogen and oxygen atoms in total. The van der Waals surface area contributed by atoms with E-state index in [-0.39, 0.29) is 4.90 Å². The number of sulfonamides is 1. The molecule has 0 radical (unpaired) electrons. The van der Waals surface area contributed by atoms with Crippen LogP contribution in [0, 0.1) is 6.92 Å². The molecule has 0 aliphatic carbocycles. The molecule has 0 aliphatic rings. The van der Waals surface area contributed by atoms with Crippen molar-refractivity contribution in [1.29, 1.82) is 0 Å². The summed E-state index contributed by atoms with van der Waals surface area (Å²) in [5, 5.41) is 0.522. The van der Waals surface area contributed by atoms with Crippen LogP contribution >= 0.6 is 0 Å². The fourth-order valence-electron chi connectivity index (χ4n) is 2.30. The van der Waals surface area contributed by atoms with Crippen LogP contribution in [-0.4, -0.2) is 15.5 Å². The summed E-state index contributed by atoms with van der Waals surface area (Å²) in [7, 11) is -2.33. The minimum absolute atomic E-state index is 0.0616. The second-order valence-electron chi connectivity index (χ2n) is 5.26. The summed E-state index contributed by atoms with van der Waals surface area (Å²) in [6, 6.07) is 12.2. The van der Waals surface area contributed by atoms with Gasteiger partial charge in [-0.2, -0.15) is 0 Å². The van der Waals surface area contributed by atoms with E-state index in [4.69, 9.17) is 9.15 Å². The van der Waals surface area contributed by atoms with Crippen molar-refractivity contribution in [1.82, 2.24) is 0 Å². The summed E-state index contributed by atoms with van der Waals surface area (Å²) in [6.45, 7) is 1.89. The van der Waals surface area contributed by atoms with Crippen LogP contribution in [0.25, 0.3) is 11.0 Å². The van der Waals surface area contributed by atoms with E-state index in [9.17, 15) is 13.2 Å². The highest BCUT2D eigenvalue weighted by Gasteiger charge is 2.17. The Balaban J connectivity index is 2.02. The third-order valence-electron chi connectivity index (χ3n) is 3.50. The molecule has 7 heteroatoms. The molecule has 2 aromatic carbocycles. The molecule has 0 unspecified atom stereocenters. The zero-order valence-corrected chi connectivity index (χ0v) is 13.9. The Bertz CT molecular complexity index is 1070. The van der Waals surface area contributed by atoms with Gasteiger partial charge in [0.2, 0.25) is 0 Å². The Labute approximate surface area is 138 Å². The molecule has 0 amide bonds. The minimum atomic E-state index is -3.81. The van der Waals surface area contributed by atoms with Gasteiger partial charge < -0.3 is 9.15 Å². The molecule has 3 rings (SSSR count). The van der Waals surface area contributed by atoms with Gasteiger partial charge in [0.25, 0.3) is 10.0 Å². The van der Waals surface area contributed by atoms with Crippen molar-refractivity contribution in [3.8, 4) is 5.75 Å². The summed E-state index contributed by atoms with van der Waals surface area (Å²) < 4.78 is 37.9. The lowest BCUT2D eigenvalue weighted by atomic mass is 10.2. The predicted molar refractivity (Wildman–Crippen MR) is 91.0 cm³/mol. The van der Waals surface area contributed by atoms with Crippen LogP contribution in [-0.2, 0) is 10.0 Å². The Kier molecular flexibility index (Phi) is 4.02. The number of ether oxygens (including phenoxy) is 1. The molecule has 0 saturated carbocycles. The molecule has 1 N–H and O–H groups in total. The van der Waals surface area contributed by atoms with Gasteiger partial charge in [-0.05, 0) is 48.9 Å². The summed E-state index contributed by atoms with van der Waals surface area (Å²) >= 11 is 0. The van der Waals surface area contributed by atoms with Gasteiger partial charge in [-0.1, -0.05) is 6.07 Å². The van der Waals surface area contributed by atoms with E-state index in [1.54, 1.807) is 18.2 Å². The van der Waals surface area contributed by atoms with Gasteiger partial charge in [0.1, 0.15) is 11.3 Å². The molecule has 1 aromatic heterocycles. The van der Waals surface area contributed by atoms with Gasteiger partial charge in [-0.15, -0.1) is 0 Å². The first-order valence-electron chi connectivity index (χ1n) is 7.10. The Morgan fingerprint density at radius 3 is 2.58 bits per heavy atom. The van der Waals surface area contributed by atoms with Crippen molar-refractivity contribution >= 4 is 26.7 Å². The number of hydrogen-bond acceptors (Lipinski definition) is 5. The third kappa shape index (κ3) is 3.11. The van der Waals surface area contributed by atoms with E-state index in [0.717, 1.165) is 5.56 Å². The highest BCUT2D eigenvalue weighted by atomic mass is 32.2. The van der Waals surface area contributed by atoms with Gasteiger partial charge in [-0.3, -0.25) is 4.72 Å². The lowest BCUT2D eigenvalue weighted by molar-refractivity contribution is 0.416. The molecule has 124 valence electrons. The number of aryl methyl sites for hydroxylation is 1. The van der Waals surface area contributed by atoms with Crippen LogP contribution in [0.2, 0.25) is 0 Å². The smallest absolute Gasteiger partial charge is 0.336 e. The van der Waals surface area contributed by atoms with E-state index < -0.39 is 15.6 Å². The normalized spacial score (nSPS) is 11.4. The number of rotatable bonds is 4. The number of fused-ring (bicyclic) bond motifs is 1. The van der Waals surface area contributed by atoms with Crippen molar-refractivity contribution in [2.45, 2.75) is 11.8 Å². The highest BCUT2D eigenvalue weighted by Crippen LogP contribution is 2.28. The third-order valence-corrected chi connectivity index (χ3v) is 4.87. The highest BCUT2D eigenvalue weighted by molar-refractivity contribution is 7.92. The number of nitrogens with one attached hydrogen (secondary N) is 1. The second-order valence-corrected chi connectivity index (χ2v) is 6.95. The molecule has 1 heterocycles. The van der Waals surface area contributed by atoms with Crippen LogP contribution in [0.15, 0.2) is 62.6 Å². The van der Waals surface area contributed by atoms with E-state index >= 15 is 0 Å².